The number of halogens is 1. The van der Waals surface area contributed by atoms with Crippen LogP contribution in [0, 0.1) is 10.1 Å². The maximum Gasteiger partial charge on any atom is 0.301 e. The molecule has 8 nitrogen and oxygen atoms in total. The van der Waals surface area contributed by atoms with E-state index in [1.807, 2.05) is 0 Å². The Balaban J connectivity index is 1.95. The molecule has 1 amide bonds. The van der Waals surface area contributed by atoms with Gasteiger partial charge in [0, 0.05) is 33.7 Å². The van der Waals surface area contributed by atoms with Crippen LogP contribution >= 0.6 is 27.3 Å². The number of nitro groups is 1. The number of amides is 1. The summed E-state index contributed by atoms with van der Waals surface area (Å²) in [4.78, 5) is 41.8. The van der Waals surface area contributed by atoms with Crippen LogP contribution in [-0.2, 0) is 9.59 Å². The Morgan fingerprint density at radius 3 is 2.57 bits per heavy atom. The van der Waals surface area contributed by atoms with Crippen LogP contribution in [0.5, 0.6) is 0 Å². The van der Waals surface area contributed by atoms with Gasteiger partial charge in [0.05, 0.1) is 16.5 Å². The molecular weight excluding hydrogens is 474 g/mol. The molecule has 2 heterocycles. The fourth-order valence-corrected chi connectivity index (χ4v) is 4.18. The number of non-ortho nitro benzene ring substituents is 1. The highest BCUT2D eigenvalue weighted by molar-refractivity contribution is 9.10. The van der Waals surface area contributed by atoms with Crippen LogP contribution in [0.25, 0.3) is 5.76 Å². The minimum Gasteiger partial charge on any atom is -0.507 e. The molecule has 1 unspecified atom stereocenters. The summed E-state index contributed by atoms with van der Waals surface area (Å²) in [7, 11) is 0. The van der Waals surface area contributed by atoms with Gasteiger partial charge in [-0.1, -0.05) is 40.2 Å². The second kappa shape index (κ2) is 7.81. The van der Waals surface area contributed by atoms with Crippen LogP contribution in [0.2, 0.25) is 0 Å². The summed E-state index contributed by atoms with van der Waals surface area (Å²) in [6.07, 6.45) is 1.48. The van der Waals surface area contributed by atoms with Crippen molar-refractivity contribution in [3.8, 4) is 0 Å². The fourth-order valence-electron chi connectivity index (χ4n) is 3.25. The van der Waals surface area contributed by atoms with Crippen LogP contribution in [0.15, 0.2) is 70.2 Å². The standard InChI is InChI=1S/C20H12BrN3O5S/c21-13-6-4-11(5-7-13)17(25)15-16(12-2-1-3-14(10-12)24(28)29)23(19(27)18(15)26)20-22-8-9-30-20/h1-10,16,25H/b17-15+. The molecule has 1 atom stereocenters. The minimum absolute atomic E-state index is 0.155. The van der Waals surface area contributed by atoms with Crippen molar-refractivity contribution in [3.05, 3.63) is 91.4 Å². The second-order valence-electron chi connectivity index (χ2n) is 6.34. The molecule has 2 aromatic carbocycles. The molecule has 1 saturated heterocycles. The zero-order chi connectivity index (χ0) is 21.4. The molecule has 10 heteroatoms. The Kier molecular flexibility index (Phi) is 5.18. The van der Waals surface area contributed by atoms with Gasteiger partial charge in [0.15, 0.2) is 5.13 Å². The van der Waals surface area contributed by atoms with E-state index in [1.54, 1.807) is 35.7 Å². The molecule has 0 saturated carbocycles. The number of rotatable bonds is 4. The van der Waals surface area contributed by atoms with Gasteiger partial charge >= 0.3 is 5.91 Å². The number of aliphatic hydroxyl groups is 1. The second-order valence-corrected chi connectivity index (χ2v) is 8.13. The smallest absolute Gasteiger partial charge is 0.301 e. The summed E-state index contributed by atoms with van der Waals surface area (Å²) in [5.74, 6) is -2.11. The third-order valence-electron chi connectivity index (χ3n) is 4.58. The third kappa shape index (κ3) is 3.40. The number of aromatic nitrogens is 1. The van der Waals surface area contributed by atoms with E-state index in [1.165, 1.54) is 24.4 Å². The Morgan fingerprint density at radius 1 is 1.20 bits per heavy atom. The van der Waals surface area contributed by atoms with Gasteiger partial charge in [0.25, 0.3) is 11.5 Å². The highest BCUT2D eigenvalue weighted by atomic mass is 79.9. The Hall–Kier alpha value is -3.37. The molecular formula is C20H12BrN3O5S. The van der Waals surface area contributed by atoms with E-state index in [2.05, 4.69) is 20.9 Å². The number of anilines is 1. The summed E-state index contributed by atoms with van der Waals surface area (Å²) in [6.45, 7) is 0. The summed E-state index contributed by atoms with van der Waals surface area (Å²) < 4.78 is 0.775. The van der Waals surface area contributed by atoms with Crippen molar-refractivity contribution in [3.63, 3.8) is 0 Å². The van der Waals surface area contributed by atoms with Crippen molar-refractivity contribution in [2.45, 2.75) is 6.04 Å². The van der Waals surface area contributed by atoms with Gasteiger partial charge < -0.3 is 5.11 Å². The van der Waals surface area contributed by atoms with Gasteiger partial charge in [-0.05, 0) is 17.7 Å². The molecule has 0 spiro atoms. The lowest BCUT2D eigenvalue weighted by Gasteiger charge is -2.22. The molecule has 0 radical (unpaired) electrons. The molecule has 1 fully saturated rings. The van der Waals surface area contributed by atoms with E-state index in [4.69, 9.17) is 0 Å². The number of ketones is 1. The SMILES string of the molecule is O=C1C(=O)N(c2nccs2)C(c2cccc([N+](=O)[O-])c2)/C1=C(\O)c1ccc(Br)cc1. The highest BCUT2D eigenvalue weighted by Gasteiger charge is 2.48. The Morgan fingerprint density at radius 2 is 1.93 bits per heavy atom. The van der Waals surface area contributed by atoms with Crippen LogP contribution in [-0.4, -0.2) is 26.7 Å². The highest BCUT2D eigenvalue weighted by Crippen LogP contribution is 2.43. The van der Waals surface area contributed by atoms with Crippen molar-refractivity contribution in [1.29, 1.82) is 0 Å². The largest absolute Gasteiger partial charge is 0.507 e. The number of nitro benzene ring substituents is 1. The first-order valence-electron chi connectivity index (χ1n) is 8.59. The van der Waals surface area contributed by atoms with Gasteiger partial charge in [-0.15, -0.1) is 11.3 Å². The van der Waals surface area contributed by atoms with Crippen LogP contribution < -0.4 is 4.90 Å². The normalized spacial score (nSPS) is 18.0. The molecule has 0 aliphatic carbocycles. The molecule has 30 heavy (non-hydrogen) atoms. The van der Waals surface area contributed by atoms with E-state index in [9.17, 15) is 24.8 Å². The summed E-state index contributed by atoms with van der Waals surface area (Å²) in [6, 6.07) is 11.2. The van der Waals surface area contributed by atoms with Crippen molar-refractivity contribution in [2.24, 2.45) is 0 Å². The van der Waals surface area contributed by atoms with Gasteiger partial charge in [-0.3, -0.25) is 24.6 Å². The Labute approximate surface area is 182 Å². The lowest BCUT2D eigenvalue weighted by molar-refractivity contribution is -0.384. The number of thiazole rings is 1. The maximum atomic E-state index is 12.9. The zero-order valence-electron chi connectivity index (χ0n) is 15.1. The minimum atomic E-state index is -1.06. The van der Waals surface area contributed by atoms with E-state index < -0.39 is 22.7 Å². The molecule has 1 aromatic heterocycles. The number of aliphatic hydroxyl groups excluding tert-OH is 1. The predicted molar refractivity (Wildman–Crippen MR) is 114 cm³/mol. The maximum absolute atomic E-state index is 12.9. The van der Waals surface area contributed by atoms with Crippen LogP contribution in [0.4, 0.5) is 10.8 Å². The molecule has 3 aromatic rings. The molecule has 1 N–H and O–H groups in total. The van der Waals surface area contributed by atoms with Gasteiger partial charge in [0.2, 0.25) is 0 Å². The Bertz CT molecular complexity index is 1190. The number of carbonyl (C=O) groups is 2. The number of hydrogen-bond acceptors (Lipinski definition) is 7. The predicted octanol–water partition coefficient (Wildman–Crippen LogP) is 4.44. The topological polar surface area (TPSA) is 114 Å². The molecule has 1 aliphatic heterocycles. The zero-order valence-corrected chi connectivity index (χ0v) is 17.5. The average Bonchev–Trinajstić information content (AvgIpc) is 3.35. The first kappa shape index (κ1) is 19.9. The van der Waals surface area contributed by atoms with E-state index in [0.29, 0.717) is 11.1 Å². The number of benzene rings is 2. The average molecular weight is 486 g/mol. The van der Waals surface area contributed by atoms with Crippen molar-refractivity contribution >= 4 is 55.5 Å². The van der Waals surface area contributed by atoms with E-state index >= 15 is 0 Å². The summed E-state index contributed by atoms with van der Waals surface area (Å²) in [5, 5.41) is 24.1. The number of Topliss-reactive ketones (excluding diaryl/α,β-unsaturated/α-hetero) is 1. The third-order valence-corrected chi connectivity index (χ3v) is 5.88. The first-order chi connectivity index (χ1) is 14.4. The number of carbonyl (C=O) groups excluding carboxylic acids is 2. The van der Waals surface area contributed by atoms with Gasteiger partial charge in [0.1, 0.15) is 5.76 Å². The van der Waals surface area contributed by atoms with Gasteiger partial charge in [-0.25, -0.2) is 4.98 Å². The van der Waals surface area contributed by atoms with E-state index in [-0.39, 0.29) is 22.2 Å². The van der Waals surface area contributed by atoms with E-state index in [0.717, 1.165) is 20.7 Å². The van der Waals surface area contributed by atoms with Crippen LogP contribution in [0.3, 0.4) is 0 Å². The van der Waals surface area contributed by atoms with Gasteiger partial charge in [-0.2, -0.15) is 0 Å². The molecule has 0 bridgehead atoms. The van der Waals surface area contributed by atoms with Crippen LogP contribution in [0.1, 0.15) is 17.2 Å². The molecule has 1 aliphatic rings. The summed E-state index contributed by atoms with van der Waals surface area (Å²) >= 11 is 4.45. The quantitative estimate of drug-likeness (QED) is 0.192. The lowest BCUT2D eigenvalue weighted by Crippen LogP contribution is -2.29. The summed E-state index contributed by atoms with van der Waals surface area (Å²) in [5.41, 5.74) is 0.307. The number of hydrogen-bond donors (Lipinski definition) is 1. The molecule has 150 valence electrons. The van der Waals surface area contributed by atoms with Crippen molar-refractivity contribution < 1.29 is 19.6 Å². The lowest BCUT2D eigenvalue weighted by atomic mass is 9.95. The molecule has 4 rings (SSSR count). The fraction of sp³-hybridized carbons (Fsp3) is 0.0500. The van der Waals surface area contributed by atoms with Crippen molar-refractivity contribution in [1.82, 2.24) is 4.98 Å². The monoisotopic (exact) mass is 485 g/mol. The number of nitrogens with zero attached hydrogens (tertiary/aromatic N) is 3. The first-order valence-corrected chi connectivity index (χ1v) is 10.3. The van der Waals surface area contributed by atoms with Crippen molar-refractivity contribution in [2.75, 3.05) is 4.90 Å².